The molecule has 0 spiro atoms. The molecule has 0 atom stereocenters. The largest absolute Gasteiger partial charge is 0.348 e. The number of allylic oxidation sites excluding steroid dienone is 2. The van der Waals surface area contributed by atoms with Crippen LogP contribution in [0.15, 0.2) is 25.3 Å². The van der Waals surface area contributed by atoms with Gasteiger partial charge in [-0.15, -0.1) is 13.2 Å². The van der Waals surface area contributed by atoms with Gasteiger partial charge in [0.1, 0.15) is 0 Å². The van der Waals surface area contributed by atoms with E-state index in [4.69, 9.17) is 9.47 Å². The fraction of sp³-hybridized carbons (Fsp3) is 0.636. The van der Waals surface area contributed by atoms with Crippen LogP contribution in [-0.4, -0.2) is 19.0 Å². The van der Waals surface area contributed by atoms with Crippen molar-refractivity contribution in [1.82, 2.24) is 0 Å². The van der Waals surface area contributed by atoms with Crippen molar-refractivity contribution in [2.24, 2.45) is 0 Å². The average molecular weight is 182 g/mol. The highest BCUT2D eigenvalue weighted by molar-refractivity contribution is 4.82. The maximum Gasteiger partial charge on any atom is 0.169 e. The minimum Gasteiger partial charge on any atom is -0.348 e. The molecule has 0 radical (unpaired) electrons. The molecule has 1 heterocycles. The van der Waals surface area contributed by atoms with Gasteiger partial charge in [0.25, 0.3) is 0 Å². The van der Waals surface area contributed by atoms with Crippen LogP contribution in [0.5, 0.6) is 0 Å². The number of hydrogen-bond acceptors (Lipinski definition) is 2. The Morgan fingerprint density at radius 1 is 1.00 bits per heavy atom. The van der Waals surface area contributed by atoms with Gasteiger partial charge in [0.05, 0.1) is 13.2 Å². The second-order valence-electron chi connectivity index (χ2n) is 3.26. The number of rotatable bonds is 6. The van der Waals surface area contributed by atoms with Crippen molar-refractivity contribution < 1.29 is 9.47 Å². The van der Waals surface area contributed by atoms with Crippen LogP contribution >= 0.6 is 0 Å². The van der Waals surface area contributed by atoms with Gasteiger partial charge in [-0.25, -0.2) is 0 Å². The first-order chi connectivity index (χ1) is 6.33. The van der Waals surface area contributed by atoms with E-state index in [1.165, 1.54) is 0 Å². The number of hydrogen-bond donors (Lipinski definition) is 0. The smallest absolute Gasteiger partial charge is 0.169 e. The first-order valence-electron chi connectivity index (χ1n) is 4.83. The van der Waals surface area contributed by atoms with Gasteiger partial charge in [0, 0.05) is 12.8 Å². The van der Waals surface area contributed by atoms with Gasteiger partial charge in [0.15, 0.2) is 5.79 Å². The van der Waals surface area contributed by atoms with Crippen LogP contribution in [0, 0.1) is 0 Å². The molecule has 1 fully saturated rings. The van der Waals surface area contributed by atoms with E-state index < -0.39 is 0 Å². The summed E-state index contributed by atoms with van der Waals surface area (Å²) in [6.07, 6.45) is 7.50. The second-order valence-corrected chi connectivity index (χ2v) is 3.26. The fourth-order valence-electron chi connectivity index (χ4n) is 1.55. The van der Waals surface area contributed by atoms with Crippen molar-refractivity contribution in [3.05, 3.63) is 25.3 Å². The van der Waals surface area contributed by atoms with Crippen LogP contribution in [0.2, 0.25) is 0 Å². The van der Waals surface area contributed by atoms with Gasteiger partial charge >= 0.3 is 0 Å². The Bertz CT molecular complexity index is 155. The highest BCUT2D eigenvalue weighted by atomic mass is 16.7. The summed E-state index contributed by atoms with van der Waals surface area (Å²) in [4.78, 5) is 0. The Labute approximate surface area is 80.2 Å². The lowest BCUT2D eigenvalue weighted by molar-refractivity contribution is -0.165. The molecule has 0 aromatic rings. The van der Waals surface area contributed by atoms with Crippen molar-refractivity contribution in [2.45, 2.75) is 31.5 Å². The van der Waals surface area contributed by atoms with Gasteiger partial charge in [-0.2, -0.15) is 0 Å². The predicted molar refractivity (Wildman–Crippen MR) is 53.5 cm³/mol. The van der Waals surface area contributed by atoms with Crippen molar-refractivity contribution >= 4 is 0 Å². The second kappa shape index (κ2) is 5.20. The summed E-state index contributed by atoms with van der Waals surface area (Å²) in [7, 11) is 0. The fourth-order valence-corrected chi connectivity index (χ4v) is 1.55. The van der Waals surface area contributed by atoms with E-state index >= 15 is 0 Å². The molecule has 2 nitrogen and oxygen atoms in total. The third kappa shape index (κ3) is 2.98. The van der Waals surface area contributed by atoms with Crippen LogP contribution in [-0.2, 0) is 9.47 Å². The lowest BCUT2D eigenvalue weighted by Crippen LogP contribution is -2.29. The monoisotopic (exact) mass is 182 g/mol. The van der Waals surface area contributed by atoms with Gasteiger partial charge in [-0.1, -0.05) is 12.2 Å². The summed E-state index contributed by atoms with van der Waals surface area (Å²) < 4.78 is 11.3. The lowest BCUT2D eigenvalue weighted by atomic mass is 10.0. The summed E-state index contributed by atoms with van der Waals surface area (Å²) in [5.41, 5.74) is 0. The summed E-state index contributed by atoms with van der Waals surface area (Å²) >= 11 is 0. The summed E-state index contributed by atoms with van der Waals surface area (Å²) in [6, 6.07) is 0. The van der Waals surface area contributed by atoms with Gasteiger partial charge in [0.2, 0.25) is 0 Å². The molecule has 0 amide bonds. The molecular weight excluding hydrogens is 164 g/mol. The zero-order chi connectivity index (χ0) is 9.57. The molecular formula is C11H18O2. The van der Waals surface area contributed by atoms with E-state index in [-0.39, 0.29) is 5.79 Å². The third-order valence-electron chi connectivity index (χ3n) is 2.27. The zero-order valence-corrected chi connectivity index (χ0v) is 8.13. The van der Waals surface area contributed by atoms with E-state index in [1.807, 2.05) is 12.2 Å². The third-order valence-corrected chi connectivity index (χ3v) is 2.27. The molecule has 1 saturated heterocycles. The normalized spacial score (nSPS) is 20.0. The Morgan fingerprint density at radius 2 is 1.46 bits per heavy atom. The highest BCUT2D eigenvalue weighted by Crippen LogP contribution is 2.30. The van der Waals surface area contributed by atoms with Gasteiger partial charge in [-0.05, 0) is 12.8 Å². The van der Waals surface area contributed by atoms with E-state index in [9.17, 15) is 0 Å². The van der Waals surface area contributed by atoms with E-state index in [2.05, 4.69) is 13.2 Å². The van der Waals surface area contributed by atoms with Crippen molar-refractivity contribution in [1.29, 1.82) is 0 Å². The topological polar surface area (TPSA) is 18.5 Å². The summed E-state index contributed by atoms with van der Waals surface area (Å²) in [5.74, 6) is -0.345. The number of ether oxygens (including phenoxy) is 2. The SMILES string of the molecule is C=CCCC1(CCC=C)OCCO1. The Hall–Kier alpha value is -0.600. The maximum atomic E-state index is 5.63. The molecule has 0 aliphatic carbocycles. The molecule has 2 heteroatoms. The first kappa shape index (κ1) is 10.5. The van der Waals surface area contributed by atoms with E-state index in [0.717, 1.165) is 25.7 Å². The molecule has 74 valence electrons. The molecule has 1 aliphatic rings. The molecule has 0 bridgehead atoms. The van der Waals surface area contributed by atoms with E-state index in [0.29, 0.717) is 13.2 Å². The minimum atomic E-state index is -0.345. The Kier molecular flexibility index (Phi) is 4.19. The zero-order valence-electron chi connectivity index (χ0n) is 8.13. The van der Waals surface area contributed by atoms with Crippen LogP contribution in [0.4, 0.5) is 0 Å². The predicted octanol–water partition coefficient (Wildman–Crippen LogP) is 2.66. The standard InChI is InChI=1S/C11H18O2/c1-3-5-7-11(8-6-4-2)12-9-10-13-11/h3-4H,1-2,5-10H2. The van der Waals surface area contributed by atoms with Gasteiger partial charge in [-0.3, -0.25) is 0 Å². The van der Waals surface area contributed by atoms with Gasteiger partial charge < -0.3 is 9.47 Å². The van der Waals surface area contributed by atoms with Crippen LogP contribution in [0.25, 0.3) is 0 Å². The average Bonchev–Trinajstić information content (AvgIpc) is 2.61. The molecule has 0 aromatic carbocycles. The molecule has 0 aromatic heterocycles. The van der Waals surface area contributed by atoms with Crippen molar-refractivity contribution in [3.8, 4) is 0 Å². The molecule has 13 heavy (non-hydrogen) atoms. The van der Waals surface area contributed by atoms with Crippen LogP contribution in [0.3, 0.4) is 0 Å². The minimum absolute atomic E-state index is 0.345. The molecule has 0 saturated carbocycles. The Balaban J connectivity index is 2.41. The lowest BCUT2D eigenvalue weighted by Gasteiger charge is -2.26. The molecule has 0 N–H and O–H groups in total. The van der Waals surface area contributed by atoms with Crippen molar-refractivity contribution in [3.63, 3.8) is 0 Å². The van der Waals surface area contributed by atoms with Crippen LogP contribution in [0.1, 0.15) is 25.7 Å². The Morgan fingerprint density at radius 3 is 1.85 bits per heavy atom. The quantitative estimate of drug-likeness (QED) is 0.588. The molecule has 1 aliphatic heterocycles. The molecule has 0 unspecified atom stereocenters. The van der Waals surface area contributed by atoms with Crippen molar-refractivity contribution in [2.75, 3.05) is 13.2 Å². The molecule has 1 rings (SSSR count). The first-order valence-corrected chi connectivity index (χ1v) is 4.83. The summed E-state index contributed by atoms with van der Waals surface area (Å²) in [6.45, 7) is 8.84. The van der Waals surface area contributed by atoms with E-state index in [1.54, 1.807) is 0 Å². The maximum absolute atomic E-state index is 5.63. The highest BCUT2D eigenvalue weighted by Gasteiger charge is 2.34. The van der Waals surface area contributed by atoms with Crippen LogP contribution < -0.4 is 0 Å². The summed E-state index contributed by atoms with van der Waals surface area (Å²) in [5, 5.41) is 0.